The number of rotatable bonds is 10. The number of nitrogens with zero attached hydrogens (tertiary/aromatic N) is 2. The first kappa shape index (κ1) is 23.3. The van der Waals surface area contributed by atoms with Crippen LogP contribution in [0.5, 0.6) is 0 Å². The van der Waals surface area contributed by atoms with Crippen molar-refractivity contribution < 1.29 is 19.2 Å². The molecular formula is C21H31N5O4. The van der Waals surface area contributed by atoms with Crippen molar-refractivity contribution in [3.05, 3.63) is 35.9 Å². The van der Waals surface area contributed by atoms with Gasteiger partial charge < -0.3 is 10.6 Å². The van der Waals surface area contributed by atoms with Crippen LogP contribution in [0.25, 0.3) is 0 Å². The molecule has 2 rings (SSSR count). The van der Waals surface area contributed by atoms with Crippen LogP contribution in [0.3, 0.4) is 0 Å². The summed E-state index contributed by atoms with van der Waals surface area (Å²) in [6.45, 7) is 7.59. The van der Waals surface area contributed by atoms with Crippen LogP contribution in [-0.2, 0) is 20.8 Å². The fourth-order valence-electron chi connectivity index (χ4n) is 3.21. The number of imide groups is 1. The Morgan fingerprint density at radius 3 is 2.37 bits per heavy atom. The number of aryl methyl sites for hydroxylation is 1. The normalized spacial score (nSPS) is 18.7. The summed E-state index contributed by atoms with van der Waals surface area (Å²) in [5.74, 6) is -1.23. The van der Waals surface area contributed by atoms with Crippen LogP contribution >= 0.6 is 0 Å². The van der Waals surface area contributed by atoms with E-state index in [0.717, 1.165) is 10.6 Å². The molecule has 3 N–H and O–H groups in total. The first-order valence-electron chi connectivity index (χ1n) is 10.2. The molecule has 0 saturated carbocycles. The molecule has 9 nitrogen and oxygen atoms in total. The van der Waals surface area contributed by atoms with Gasteiger partial charge in [-0.2, -0.15) is 5.01 Å². The molecule has 1 heterocycles. The van der Waals surface area contributed by atoms with Gasteiger partial charge in [0.25, 0.3) is 11.8 Å². The van der Waals surface area contributed by atoms with Crippen LogP contribution in [0.1, 0.15) is 39.7 Å². The van der Waals surface area contributed by atoms with Crippen molar-refractivity contribution in [1.82, 2.24) is 26.0 Å². The van der Waals surface area contributed by atoms with Crippen molar-refractivity contribution in [3.8, 4) is 0 Å². The average molecular weight is 418 g/mol. The molecule has 1 aromatic carbocycles. The lowest BCUT2D eigenvalue weighted by atomic mass is 9.93. The summed E-state index contributed by atoms with van der Waals surface area (Å²) in [6.07, 6.45) is 1.02. The number of hydrogen-bond donors (Lipinski definition) is 3. The minimum absolute atomic E-state index is 0.00418. The molecule has 0 radical (unpaired) electrons. The van der Waals surface area contributed by atoms with Gasteiger partial charge >= 0.3 is 6.03 Å². The van der Waals surface area contributed by atoms with Gasteiger partial charge in [-0.25, -0.2) is 4.79 Å². The Balaban J connectivity index is 1.92. The molecule has 1 fully saturated rings. The van der Waals surface area contributed by atoms with Gasteiger partial charge in [-0.3, -0.25) is 24.7 Å². The van der Waals surface area contributed by atoms with Crippen LogP contribution in [0.15, 0.2) is 30.3 Å². The second-order valence-electron chi connectivity index (χ2n) is 7.95. The lowest BCUT2D eigenvalue weighted by Crippen LogP contribution is -2.52. The van der Waals surface area contributed by atoms with E-state index in [0.29, 0.717) is 19.4 Å². The quantitative estimate of drug-likeness (QED) is 0.488. The molecular weight excluding hydrogens is 386 g/mol. The number of carbonyl (C=O) groups is 4. The van der Waals surface area contributed by atoms with Crippen molar-refractivity contribution in [2.24, 2.45) is 0 Å². The molecule has 1 aliphatic rings. The monoisotopic (exact) mass is 417 g/mol. The molecule has 164 valence electrons. The van der Waals surface area contributed by atoms with E-state index in [2.05, 4.69) is 16.1 Å². The third-order valence-electron chi connectivity index (χ3n) is 4.89. The average Bonchev–Trinajstić information content (AvgIpc) is 2.89. The van der Waals surface area contributed by atoms with Gasteiger partial charge in [0.05, 0.1) is 13.1 Å². The van der Waals surface area contributed by atoms with Crippen LogP contribution < -0.4 is 16.1 Å². The number of hydrazine groups is 1. The van der Waals surface area contributed by atoms with Crippen LogP contribution in [0.4, 0.5) is 4.79 Å². The molecule has 0 spiro atoms. The van der Waals surface area contributed by atoms with Gasteiger partial charge in [-0.05, 0) is 45.7 Å². The summed E-state index contributed by atoms with van der Waals surface area (Å²) in [5.41, 5.74) is 2.33. The molecule has 1 saturated heterocycles. The van der Waals surface area contributed by atoms with E-state index in [9.17, 15) is 19.2 Å². The number of nitrogens with one attached hydrogen (secondary N) is 3. The van der Waals surface area contributed by atoms with Gasteiger partial charge in [0, 0.05) is 6.04 Å². The third-order valence-corrected chi connectivity index (χ3v) is 4.89. The maximum absolute atomic E-state index is 12.8. The Kier molecular flexibility index (Phi) is 7.93. The van der Waals surface area contributed by atoms with Crippen molar-refractivity contribution in [2.75, 3.05) is 19.6 Å². The number of benzene rings is 1. The maximum Gasteiger partial charge on any atom is 0.344 e. The second kappa shape index (κ2) is 10.2. The molecule has 1 unspecified atom stereocenters. The molecule has 1 aromatic rings. The summed E-state index contributed by atoms with van der Waals surface area (Å²) in [7, 11) is 0. The molecule has 9 heteroatoms. The first-order valence-corrected chi connectivity index (χ1v) is 10.2. The number of hydrogen-bond acceptors (Lipinski definition) is 5. The molecule has 0 aromatic heterocycles. The summed E-state index contributed by atoms with van der Waals surface area (Å²) >= 11 is 0. The summed E-state index contributed by atoms with van der Waals surface area (Å²) in [5, 5.41) is 6.17. The highest BCUT2D eigenvalue weighted by Gasteiger charge is 2.48. The van der Waals surface area contributed by atoms with E-state index in [1.54, 1.807) is 11.8 Å². The van der Waals surface area contributed by atoms with Crippen LogP contribution in [0, 0.1) is 0 Å². The highest BCUT2D eigenvalue weighted by atomic mass is 16.2. The fourth-order valence-corrected chi connectivity index (χ4v) is 3.21. The zero-order valence-electron chi connectivity index (χ0n) is 18.0. The zero-order chi connectivity index (χ0) is 22.3. The third kappa shape index (κ3) is 6.28. The smallest absolute Gasteiger partial charge is 0.344 e. The van der Waals surface area contributed by atoms with Crippen molar-refractivity contribution >= 4 is 23.8 Å². The van der Waals surface area contributed by atoms with Gasteiger partial charge in [0.2, 0.25) is 5.91 Å². The van der Waals surface area contributed by atoms with Crippen LogP contribution in [-0.4, -0.2) is 64.9 Å². The van der Waals surface area contributed by atoms with E-state index in [4.69, 9.17) is 0 Å². The summed E-state index contributed by atoms with van der Waals surface area (Å²) in [4.78, 5) is 51.0. The summed E-state index contributed by atoms with van der Waals surface area (Å²) < 4.78 is 0. The molecule has 0 aliphatic carbocycles. The lowest BCUT2D eigenvalue weighted by molar-refractivity contribution is -0.139. The van der Waals surface area contributed by atoms with Crippen molar-refractivity contribution in [1.29, 1.82) is 0 Å². The molecule has 5 amide bonds. The minimum atomic E-state index is -1.10. The second-order valence-corrected chi connectivity index (χ2v) is 7.95. The minimum Gasteiger partial charge on any atom is -0.353 e. The lowest BCUT2D eigenvalue weighted by Gasteiger charge is -2.23. The topological polar surface area (TPSA) is 111 Å². The maximum atomic E-state index is 12.8. The molecule has 1 aliphatic heterocycles. The number of carbonyl (C=O) groups excluding carboxylic acids is 4. The fraction of sp³-hybridized carbons (Fsp3) is 0.524. The van der Waals surface area contributed by atoms with Gasteiger partial charge in [0.15, 0.2) is 0 Å². The van der Waals surface area contributed by atoms with Crippen molar-refractivity contribution in [2.45, 2.75) is 52.1 Å². The van der Waals surface area contributed by atoms with Gasteiger partial charge in [0.1, 0.15) is 5.54 Å². The standard InChI is InChI=1S/C21H31N5O4/c1-5-25(13-17(27)22-15(2)3)14-18(28)24-26-19(29)21(4,23-20(26)30)12-11-16-9-7-6-8-10-16/h6-10,15H,5,11-14H2,1-4H3,(H,22,27)(H,23,30)(H,24,28). The Hall–Kier alpha value is -2.94. The Morgan fingerprint density at radius 1 is 1.13 bits per heavy atom. The molecule has 1 atom stereocenters. The highest BCUT2D eigenvalue weighted by molar-refractivity contribution is 6.07. The predicted molar refractivity (Wildman–Crippen MR) is 112 cm³/mol. The molecule has 0 bridgehead atoms. The SMILES string of the molecule is CCN(CC(=O)NC(C)C)CC(=O)NN1C(=O)NC(C)(CCc2ccccc2)C1=O. The first-order chi connectivity index (χ1) is 14.1. The largest absolute Gasteiger partial charge is 0.353 e. The predicted octanol–water partition coefficient (Wildman–Crippen LogP) is 0.807. The Labute approximate surface area is 177 Å². The van der Waals surface area contributed by atoms with Crippen LogP contribution in [0.2, 0.25) is 0 Å². The number of likely N-dealkylation sites (N-methyl/N-ethyl adjacent to an activating group) is 1. The van der Waals surface area contributed by atoms with E-state index in [1.165, 1.54) is 0 Å². The summed E-state index contributed by atoms with van der Waals surface area (Å²) in [6, 6.07) is 9.00. The number of urea groups is 1. The van der Waals surface area contributed by atoms with Gasteiger partial charge in [-0.15, -0.1) is 0 Å². The van der Waals surface area contributed by atoms with E-state index >= 15 is 0 Å². The van der Waals surface area contributed by atoms with E-state index < -0.39 is 23.4 Å². The number of amides is 5. The van der Waals surface area contributed by atoms with E-state index in [1.807, 2.05) is 51.1 Å². The van der Waals surface area contributed by atoms with Crippen molar-refractivity contribution in [3.63, 3.8) is 0 Å². The van der Waals surface area contributed by atoms with E-state index in [-0.39, 0.29) is 25.0 Å². The molecule has 30 heavy (non-hydrogen) atoms. The van der Waals surface area contributed by atoms with Gasteiger partial charge in [-0.1, -0.05) is 37.3 Å². The highest BCUT2D eigenvalue weighted by Crippen LogP contribution is 2.22. The Morgan fingerprint density at radius 2 is 1.77 bits per heavy atom. The zero-order valence-corrected chi connectivity index (χ0v) is 18.0. The Bertz CT molecular complexity index is 783.